The Balaban J connectivity index is 2.72. The second kappa shape index (κ2) is 4.58. The number of hydrogen-bond acceptors (Lipinski definition) is 3. The van der Waals surface area contributed by atoms with Gasteiger partial charge in [0.15, 0.2) is 0 Å². The van der Waals surface area contributed by atoms with E-state index in [4.69, 9.17) is 16.0 Å². The molecule has 1 heterocycles. The van der Waals surface area contributed by atoms with Crippen LogP contribution in [0.4, 0.5) is 18.9 Å². The Hall–Kier alpha value is -2.02. The van der Waals surface area contributed by atoms with Gasteiger partial charge in [-0.1, -0.05) is 11.6 Å². The third-order valence-corrected chi connectivity index (χ3v) is 2.66. The average molecular weight is 292 g/mol. The van der Waals surface area contributed by atoms with E-state index in [1.54, 1.807) is 0 Å². The Labute approximate surface area is 109 Å². The van der Waals surface area contributed by atoms with Crippen molar-refractivity contribution in [2.45, 2.75) is 6.18 Å². The molecular formula is C11H5ClF3NO3. The lowest BCUT2D eigenvalue weighted by Crippen LogP contribution is -2.06. The van der Waals surface area contributed by atoms with Crippen molar-refractivity contribution >= 4 is 17.3 Å². The highest BCUT2D eigenvalue weighted by atomic mass is 35.5. The molecule has 0 saturated heterocycles. The fourth-order valence-electron chi connectivity index (χ4n) is 1.56. The zero-order chi connectivity index (χ0) is 14.2. The third-order valence-electron chi connectivity index (χ3n) is 2.36. The molecule has 0 aliphatic rings. The summed E-state index contributed by atoms with van der Waals surface area (Å²) in [7, 11) is 0. The maximum atomic E-state index is 12.6. The van der Waals surface area contributed by atoms with Gasteiger partial charge in [0.25, 0.3) is 5.69 Å². The quantitative estimate of drug-likeness (QED) is 0.603. The van der Waals surface area contributed by atoms with Crippen LogP contribution in [0.25, 0.3) is 11.3 Å². The zero-order valence-electron chi connectivity index (χ0n) is 9.07. The van der Waals surface area contributed by atoms with Crippen molar-refractivity contribution in [2.75, 3.05) is 0 Å². The molecule has 1 aromatic heterocycles. The Morgan fingerprint density at radius 1 is 1.32 bits per heavy atom. The van der Waals surface area contributed by atoms with E-state index >= 15 is 0 Å². The molecule has 0 radical (unpaired) electrons. The van der Waals surface area contributed by atoms with E-state index in [0.717, 1.165) is 0 Å². The first kappa shape index (κ1) is 13.4. The molecule has 2 rings (SSSR count). The lowest BCUT2D eigenvalue weighted by Gasteiger charge is -2.09. The first-order valence-electron chi connectivity index (χ1n) is 4.89. The van der Waals surface area contributed by atoms with Crippen molar-refractivity contribution in [3.05, 3.63) is 51.2 Å². The summed E-state index contributed by atoms with van der Waals surface area (Å²) >= 11 is 5.71. The van der Waals surface area contributed by atoms with Crippen molar-refractivity contribution in [1.82, 2.24) is 0 Å². The molecule has 0 saturated carbocycles. The van der Waals surface area contributed by atoms with Crippen LogP contribution in [0.3, 0.4) is 0 Å². The Kier molecular flexibility index (Phi) is 3.23. The Morgan fingerprint density at radius 3 is 2.47 bits per heavy atom. The van der Waals surface area contributed by atoms with Crippen LogP contribution in [-0.4, -0.2) is 4.92 Å². The molecule has 0 atom stereocenters. The van der Waals surface area contributed by atoms with Gasteiger partial charge in [0.05, 0.1) is 21.8 Å². The highest BCUT2D eigenvalue weighted by molar-refractivity contribution is 6.33. The predicted octanol–water partition coefficient (Wildman–Crippen LogP) is 4.53. The molecule has 0 aliphatic carbocycles. The van der Waals surface area contributed by atoms with Crippen molar-refractivity contribution < 1.29 is 22.5 Å². The van der Waals surface area contributed by atoms with Gasteiger partial charge >= 0.3 is 6.18 Å². The SMILES string of the molecule is O=[N+]([O-])c1cc(C(F)(F)F)cc(Cl)c1-c1ccco1. The molecule has 19 heavy (non-hydrogen) atoms. The molecule has 1 aromatic carbocycles. The van der Waals surface area contributed by atoms with Crippen molar-refractivity contribution in [3.63, 3.8) is 0 Å². The molecule has 2 aromatic rings. The molecule has 100 valence electrons. The van der Waals surface area contributed by atoms with E-state index < -0.39 is 27.4 Å². The topological polar surface area (TPSA) is 56.3 Å². The smallest absolute Gasteiger partial charge is 0.416 e. The summed E-state index contributed by atoms with van der Waals surface area (Å²) in [6.07, 6.45) is -3.47. The van der Waals surface area contributed by atoms with Crippen molar-refractivity contribution in [2.24, 2.45) is 0 Å². The van der Waals surface area contributed by atoms with Gasteiger partial charge in [0.1, 0.15) is 11.3 Å². The first-order valence-corrected chi connectivity index (χ1v) is 5.27. The summed E-state index contributed by atoms with van der Waals surface area (Å²) < 4.78 is 42.7. The third kappa shape index (κ3) is 2.55. The van der Waals surface area contributed by atoms with Gasteiger partial charge in [0.2, 0.25) is 0 Å². The number of alkyl halides is 3. The van der Waals surface area contributed by atoms with E-state index in [0.29, 0.717) is 12.1 Å². The number of benzene rings is 1. The van der Waals surface area contributed by atoms with Gasteiger partial charge in [-0.25, -0.2) is 0 Å². The summed E-state index contributed by atoms with van der Waals surface area (Å²) in [5.41, 5.74) is -2.11. The molecule has 4 nitrogen and oxygen atoms in total. The largest absolute Gasteiger partial charge is 0.464 e. The average Bonchev–Trinajstić information content (AvgIpc) is 2.79. The number of nitro groups is 1. The lowest BCUT2D eigenvalue weighted by molar-refractivity contribution is -0.384. The molecule has 0 spiro atoms. The van der Waals surface area contributed by atoms with Crippen molar-refractivity contribution in [1.29, 1.82) is 0 Å². The molecule has 0 amide bonds. The lowest BCUT2D eigenvalue weighted by atomic mass is 10.1. The summed E-state index contributed by atoms with van der Waals surface area (Å²) in [5, 5.41) is 10.5. The normalized spacial score (nSPS) is 11.6. The van der Waals surface area contributed by atoms with Crippen LogP contribution in [0, 0.1) is 10.1 Å². The van der Waals surface area contributed by atoms with E-state index in [9.17, 15) is 23.3 Å². The van der Waals surface area contributed by atoms with E-state index in [1.807, 2.05) is 0 Å². The van der Waals surface area contributed by atoms with Crippen molar-refractivity contribution in [3.8, 4) is 11.3 Å². The molecule has 8 heteroatoms. The van der Waals surface area contributed by atoms with Crippen LogP contribution in [0.15, 0.2) is 34.9 Å². The Morgan fingerprint density at radius 2 is 2.00 bits per heavy atom. The van der Waals surface area contributed by atoms with Gasteiger partial charge in [-0.05, 0) is 18.2 Å². The van der Waals surface area contributed by atoms with Gasteiger partial charge < -0.3 is 4.42 Å². The maximum absolute atomic E-state index is 12.6. The van der Waals surface area contributed by atoms with Crippen LogP contribution in [0.5, 0.6) is 0 Å². The highest BCUT2D eigenvalue weighted by Crippen LogP contribution is 2.41. The number of rotatable bonds is 2. The minimum atomic E-state index is -4.71. The second-order valence-electron chi connectivity index (χ2n) is 3.58. The standard InChI is InChI=1S/C11H5ClF3NO3/c12-7-4-6(11(13,14)15)5-8(16(17)18)10(7)9-2-1-3-19-9/h1-5H. The molecule has 0 aliphatic heterocycles. The number of nitro benzene ring substituents is 1. The summed E-state index contributed by atoms with van der Waals surface area (Å²) in [6.45, 7) is 0. The molecule has 0 unspecified atom stereocenters. The van der Waals surface area contributed by atoms with E-state index in [1.165, 1.54) is 18.4 Å². The van der Waals surface area contributed by atoms with Crippen LogP contribution in [0.1, 0.15) is 5.56 Å². The van der Waals surface area contributed by atoms with Crippen LogP contribution in [-0.2, 0) is 6.18 Å². The van der Waals surface area contributed by atoms with Crippen LogP contribution in [0.2, 0.25) is 5.02 Å². The molecular weight excluding hydrogens is 287 g/mol. The van der Waals surface area contributed by atoms with Gasteiger partial charge in [0, 0.05) is 6.07 Å². The summed E-state index contributed by atoms with van der Waals surface area (Å²) in [6, 6.07) is 3.89. The summed E-state index contributed by atoms with van der Waals surface area (Å²) in [4.78, 5) is 9.95. The number of nitrogens with zero attached hydrogens (tertiary/aromatic N) is 1. The highest BCUT2D eigenvalue weighted by Gasteiger charge is 2.35. The zero-order valence-corrected chi connectivity index (χ0v) is 9.83. The predicted molar refractivity (Wildman–Crippen MR) is 60.8 cm³/mol. The fraction of sp³-hybridized carbons (Fsp3) is 0.0909. The fourth-order valence-corrected chi connectivity index (χ4v) is 1.87. The molecule has 0 fully saturated rings. The van der Waals surface area contributed by atoms with E-state index in [-0.39, 0.29) is 11.3 Å². The Bertz CT molecular complexity index is 623. The van der Waals surface area contributed by atoms with Crippen LogP contribution >= 0.6 is 11.6 Å². The molecule has 0 bridgehead atoms. The number of furan rings is 1. The minimum absolute atomic E-state index is 0.0328. The van der Waals surface area contributed by atoms with E-state index in [2.05, 4.69) is 0 Å². The number of halogens is 4. The minimum Gasteiger partial charge on any atom is -0.464 e. The first-order chi connectivity index (χ1) is 8.80. The van der Waals surface area contributed by atoms with Gasteiger partial charge in [-0.2, -0.15) is 13.2 Å². The summed E-state index contributed by atoms with van der Waals surface area (Å²) in [5.74, 6) is 0.0328. The van der Waals surface area contributed by atoms with Gasteiger partial charge in [-0.3, -0.25) is 10.1 Å². The monoisotopic (exact) mass is 291 g/mol. The van der Waals surface area contributed by atoms with Crippen LogP contribution < -0.4 is 0 Å². The number of hydrogen-bond donors (Lipinski definition) is 0. The second-order valence-corrected chi connectivity index (χ2v) is 3.99. The van der Waals surface area contributed by atoms with Gasteiger partial charge in [-0.15, -0.1) is 0 Å². The maximum Gasteiger partial charge on any atom is 0.416 e. The molecule has 0 N–H and O–H groups in total.